The van der Waals surface area contributed by atoms with E-state index in [-0.39, 0.29) is 17.2 Å². The summed E-state index contributed by atoms with van der Waals surface area (Å²) in [6.07, 6.45) is 4.53. The van der Waals surface area contributed by atoms with Crippen LogP contribution < -0.4 is 15.8 Å². The third-order valence-electron chi connectivity index (χ3n) is 5.89. The molecule has 1 aliphatic heterocycles. The van der Waals surface area contributed by atoms with Gasteiger partial charge in [0, 0.05) is 12.1 Å². The Kier molecular flexibility index (Phi) is 5.91. The van der Waals surface area contributed by atoms with Crippen LogP contribution in [0.5, 0.6) is 11.5 Å². The highest BCUT2D eigenvalue weighted by Gasteiger charge is 2.26. The molecule has 8 heteroatoms. The number of hydrogen-bond donors (Lipinski definition) is 1. The lowest BCUT2D eigenvalue weighted by molar-refractivity contribution is 0.0622. The number of aliphatic imine (C=N–C) groups is 1. The number of benzene rings is 2. The van der Waals surface area contributed by atoms with E-state index in [1.165, 1.54) is 29.3 Å². The van der Waals surface area contributed by atoms with Crippen molar-refractivity contribution in [1.82, 2.24) is 15.3 Å². The van der Waals surface area contributed by atoms with Gasteiger partial charge in [0.2, 0.25) is 0 Å². The van der Waals surface area contributed by atoms with Crippen LogP contribution in [0.15, 0.2) is 58.4 Å². The summed E-state index contributed by atoms with van der Waals surface area (Å²) in [6, 6.07) is 13.7. The summed E-state index contributed by atoms with van der Waals surface area (Å²) >= 11 is 6.42. The van der Waals surface area contributed by atoms with Crippen molar-refractivity contribution in [3.63, 3.8) is 0 Å². The Bertz CT molecular complexity index is 1280. The quantitative estimate of drug-likeness (QED) is 0.588. The van der Waals surface area contributed by atoms with Gasteiger partial charge >= 0.3 is 0 Å². The number of ether oxygens (including phenoxy) is 1. The van der Waals surface area contributed by atoms with Crippen LogP contribution in [0.4, 0.5) is 0 Å². The molecular formula is C25H25ClN4O3. The predicted octanol–water partition coefficient (Wildman–Crippen LogP) is 4.30. The summed E-state index contributed by atoms with van der Waals surface area (Å²) in [7, 11) is 1.59. The van der Waals surface area contributed by atoms with E-state index in [4.69, 9.17) is 26.2 Å². The van der Waals surface area contributed by atoms with Gasteiger partial charge in [-0.2, -0.15) is 5.10 Å². The van der Waals surface area contributed by atoms with E-state index in [1.807, 2.05) is 43.3 Å². The number of nitrogens with one attached hydrogen (secondary N) is 1. The molecule has 5 rings (SSSR count). The minimum absolute atomic E-state index is 0.203. The molecule has 1 aliphatic carbocycles. The van der Waals surface area contributed by atoms with E-state index in [2.05, 4.69) is 16.6 Å². The maximum absolute atomic E-state index is 13.0. The van der Waals surface area contributed by atoms with Crippen LogP contribution in [0.1, 0.15) is 41.0 Å². The molecule has 2 heterocycles. The average Bonchev–Trinajstić information content (AvgIpc) is 3.65. The van der Waals surface area contributed by atoms with Crippen molar-refractivity contribution in [3.05, 3.63) is 86.3 Å². The molecule has 2 aromatic carbocycles. The second-order valence-corrected chi connectivity index (χ2v) is 9.01. The number of halogens is 1. The number of aryl methyl sites for hydroxylation is 2. The molecule has 170 valence electrons. The molecule has 0 radical (unpaired) electrons. The van der Waals surface area contributed by atoms with Gasteiger partial charge in [0.1, 0.15) is 11.3 Å². The van der Waals surface area contributed by atoms with E-state index in [0.717, 1.165) is 11.1 Å². The van der Waals surface area contributed by atoms with E-state index in [9.17, 15) is 4.79 Å². The van der Waals surface area contributed by atoms with Crippen molar-refractivity contribution in [3.8, 4) is 11.5 Å². The predicted molar refractivity (Wildman–Crippen MR) is 127 cm³/mol. The summed E-state index contributed by atoms with van der Waals surface area (Å²) in [4.78, 5) is 23.4. The van der Waals surface area contributed by atoms with Gasteiger partial charge in [-0.3, -0.25) is 14.6 Å². The fourth-order valence-electron chi connectivity index (χ4n) is 3.94. The van der Waals surface area contributed by atoms with E-state index in [0.29, 0.717) is 41.3 Å². The molecule has 3 aromatic rings. The molecule has 0 amide bonds. The van der Waals surface area contributed by atoms with Crippen molar-refractivity contribution in [2.75, 3.05) is 6.61 Å². The van der Waals surface area contributed by atoms with Crippen molar-refractivity contribution in [2.24, 2.45) is 12.0 Å². The summed E-state index contributed by atoms with van der Waals surface area (Å²) in [5, 5.41) is 4.84. The Balaban J connectivity index is 1.46. The van der Waals surface area contributed by atoms with Crippen molar-refractivity contribution >= 4 is 17.4 Å². The molecule has 0 bridgehead atoms. The largest absolute Gasteiger partial charge is 0.455 e. The zero-order valence-electron chi connectivity index (χ0n) is 18.5. The Hall–Kier alpha value is -3.16. The van der Waals surface area contributed by atoms with Crippen LogP contribution in [0.25, 0.3) is 0 Å². The summed E-state index contributed by atoms with van der Waals surface area (Å²) in [5.74, 6) is 1.92. The highest BCUT2D eigenvalue weighted by Crippen LogP contribution is 2.41. The number of rotatable bonds is 6. The van der Waals surface area contributed by atoms with Crippen LogP contribution in [-0.4, -0.2) is 28.3 Å². The Morgan fingerprint density at radius 2 is 2.09 bits per heavy atom. The number of hydroxylamine groups is 1. The molecule has 0 saturated heterocycles. The molecule has 0 unspecified atom stereocenters. The minimum Gasteiger partial charge on any atom is -0.455 e. The maximum atomic E-state index is 13.0. The Morgan fingerprint density at radius 1 is 1.24 bits per heavy atom. The van der Waals surface area contributed by atoms with Gasteiger partial charge in [0.15, 0.2) is 11.6 Å². The standard InChI is InChI=1S/C25H25ClN4O3/c1-15-6-7-18(21(26)10-15)11-19-14-32-29-24(28-19)23-22(13-27-30(2)25(23)31)33-20-5-3-4-17(12-20)16-8-9-16/h3-7,10,12-13,16,19H,8-9,11,14H2,1-2H3,(H,28,29)/t19-/m1/s1. The van der Waals surface area contributed by atoms with Crippen molar-refractivity contribution in [1.29, 1.82) is 0 Å². The molecule has 1 aromatic heterocycles. The van der Waals surface area contributed by atoms with Gasteiger partial charge in [0.25, 0.3) is 5.56 Å². The number of nitrogens with zero attached hydrogens (tertiary/aromatic N) is 3. The molecule has 7 nitrogen and oxygen atoms in total. The van der Waals surface area contributed by atoms with Crippen LogP contribution in [0.2, 0.25) is 5.02 Å². The van der Waals surface area contributed by atoms with Crippen LogP contribution in [0, 0.1) is 6.92 Å². The summed E-state index contributed by atoms with van der Waals surface area (Å²) in [5.41, 5.74) is 6.09. The van der Waals surface area contributed by atoms with Crippen LogP contribution >= 0.6 is 11.6 Å². The van der Waals surface area contributed by atoms with Crippen molar-refractivity contribution < 1.29 is 9.57 Å². The SMILES string of the molecule is Cc1ccc(C[C@@H]2CONC(c3c(Oc4cccc(C5CC5)c4)cnn(C)c3=O)=N2)c(Cl)c1. The fourth-order valence-corrected chi connectivity index (χ4v) is 4.25. The monoisotopic (exact) mass is 464 g/mol. The number of aromatic nitrogens is 2. The first-order valence-electron chi connectivity index (χ1n) is 11.0. The van der Waals surface area contributed by atoms with Crippen molar-refractivity contribution in [2.45, 2.75) is 38.1 Å². The topological polar surface area (TPSA) is 77.7 Å². The maximum Gasteiger partial charge on any atom is 0.281 e. The molecular weight excluding hydrogens is 440 g/mol. The minimum atomic E-state index is -0.324. The summed E-state index contributed by atoms with van der Waals surface area (Å²) in [6.45, 7) is 2.36. The first-order valence-corrected chi connectivity index (χ1v) is 11.4. The van der Waals surface area contributed by atoms with Gasteiger partial charge in [-0.15, -0.1) is 0 Å². The van der Waals surface area contributed by atoms with Gasteiger partial charge in [-0.05, 0) is 67.0 Å². The van der Waals surface area contributed by atoms with Crippen LogP contribution in [-0.2, 0) is 18.3 Å². The Morgan fingerprint density at radius 3 is 2.88 bits per heavy atom. The first kappa shape index (κ1) is 21.7. The third-order valence-corrected chi connectivity index (χ3v) is 6.25. The van der Waals surface area contributed by atoms with E-state index >= 15 is 0 Å². The third kappa shape index (κ3) is 4.79. The highest BCUT2D eigenvalue weighted by molar-refractivity contribution is 6.31. The van der Waals surface area contributed by atoms with E-state index < -0.39 is 0 Å². The zero-order chi connectivity index (χ0) is 22.9. The lowest BCUT2D eigenvalue weighted by Crippen LogP contribution is -2.40. The normalized spacial score (nSPS) is 17.9. The molecule has 1 N–H and O–H groups in total. The molecule has 1 saturated carbocycles. The van der Waals surface area contributed by atoms with Gasteiger partial charge < -0.3 is 4.74 Å². The second-order valence-electron chi connectivity index (χ2n) is 8.60. The highest BCUT2D eigenvalue weighted by atomic mass is 35.5. The molecule has 33 heavy (non-hydrogen) atoms. The average molecular weight is 465 g/mol. The first-order chi connectivity index (χ1) is 16.0. The van der Waals surface area contributed by atoms with Gasteiger partial charge in [-0.1, -0.05) is 35.9 Å². The fraction of sp³-hybridized carbons (Fsp3) is 0.320. The molecule has 1 atom stereocenters. The van der Waals surface area contributed by atoms with Crippen LogP contribution in [0.3, 0.4) is 0 Å². The number of amidine groups is 1. The summed E-state index contributed by atoms with van der Waals surface area (Å²) < 4.78 is 7.39. The lowest BCUT2D eigenvalue weighted by Gasteiger charge is -2.23. The van der Waals surface area contributed by atoms with Gasteiger partial charge in [0.05, 0.1) is 18.8 Å². The zero-order valence-corrected chi connectivity index (χ0v) is 19.3. The smallest absolute Gasteiger partial charge is 0.281 e. The molecule has 0 spiro atoms. The second kappa shape index (κ2) is 9.00. The lowest BCUT2D eigenvalue weighted by atomic mass is 10.0. The van der Waals surface area contributed by atoms with E-state index in [1.54, 1.807) is 7.05 Å². The molecule has 1 fully saturated rings. The van der Waals surface area contributed by atoms with Gasteiger partial charge in [-0.25, -0.2) is 10.2 Å². The number of hydrogen-bond acceptors (Lipinski definition) is 6. The molecule has 2 aliphatic rings. The Labute approximate surface area is 197 Å².